The van der Waals surface area contributed by atoms with E-state index in [9.17, 15) is 4.79 Å². The largest absolute Gasteiger partial charge is 0.496 e. The van der Waals surface area contributed by atoms with Crippen molar-refractivity contribution in [1.29, 1.82) is 0 Å². The maximum Gasteiger partial charge on any atom is 0.335 e. The molecule has 0 amide bonds. The average Bonchev–Trinajstić information content (AvgIpc) is 2.46. The summed E-state index contributed by atoms with van der Waals surface area (Å²) in [7, 11) is 3.11. The molecule has 0 fully saturated rings. The van der Waals surface area contributed by atoms with Gasteiger partial charge in [0.1, 0.15) is 11.5 Å². The SMILES string of the molecule is CCOC(=O)C1Cc2c(OC)cc(Cl)c(OC)c2CO1. The fourth-order valence-electron chi connectivity index (χ4n) is 2.29. The molecule has 5 nitrogen and oxygen atoms in total. The maximum atomic E-state index is 11.8. The predicted octanol–water partition coefficient (Wildman–Crippen LogP) is 2.36. The molecule has 0 radical (unpaired) electrons. The zero-order valence-corrected chi connectivity index (χ0v) is 12.5. The molecule has 0 N–H and O–H groups in total. The van der Waals surface area contributed by atoms with Gasteiger partial charge in [0.05, 0.1) is 32.5 Å². The van der Waals surface area contributed by atoms with Gasteiger partial charge in [-0.25, -0.2) is 4.79 Å². The number of ether oxygens (including phenoxy) is 4. The molecule has 20 heavy (non-hydrogen) atoms. The van der Waals surface area contributed by atoms with Crippen molar-refractivity contribution >= 4 is 17.6 Å². The summed E-state index contributed by atoms with van der Waals surface area (Å²) in [5.41, 5.74) is 1.69. The molecule has 6 heteroatoms. The second kappa shape index (κ2) is 6.33. The van der Waals surface area contributed by atoms with Crippen molar-refractivity contribution in [2.75, 3.05) is 20.8 Å². The topological polar surface area (TPSA) is 54.0 Å². The number of esters is 1. The number of methoxy groups -OCH3 is 2. The van der Waals surface area contributed by atoms with Crippen LogP contribution in [0.5, 0.6) is 11.5 Å². The van der Waals surface area contributed by atoms with Crippen LogP contribution in [0, 0.1) is 0 Å². The van der Waals surface area contributed by atoms with E-state index >= 15 is 0 Å². The van der Waals surface area contributed by atoms with E-state index in [1.54, 1.807) is 27.2 Å². The Morgan fingerprint density at radius 2 is 2.15 bits per heavy atom. The van der Waals surface area contributed by atoms with Crippen LogP contribution in [-0.2, 0) is 27.3 Å². The first-order valence-corrected chi connectivity index (χ1v) is 6.70. The van der Waals surface area contributed by atoms with Gasteiger partial charge < -0.3 is 18.9 Å². The van der Waals surface area contributed by atoms with Crippen LogP contribution in [0.1, 0.15) is 18.1 Å². The van der Waals surface area contributed by atoms with Crippen molar-refractivity contribution in [3.8, 4) is 11.5 Å². The molecule has 110 valence electrons. The lowest BCUT2D eigenvalue weighted by Crippen LogP contribution is -2.32. The first kappa shape index (κ1) is 14.9. The van der Waals surface area contributed by atoms with E-state index in [1.807, 2.05) is 0 Å². The third-order valence-electron chi connectivity index (χ3n) is 3.20. The van der Waals surface area contributed by atoms with Gasteiger partial charge in [-0.15, -0.1) is 0 Å². The molecule has 1 aliphatic rings. The summed E-state index contributed by atoms with van der Waals surface area (Å²) >= 11 is 6.14. The summed E-state index contributed by atoms with van der Waals surface area (Å²) in [5.74, 6) is 0.822. The van der Waals surface area contributed by atoms with Crippen molar-refractivity contribution in [2.24, 2.45) is 0 Å². The Morgan fingerprint density at radius 1 is 1.40 bits per heavy atom. The van der Waals surface area contributed by atoms with E-state index in [2.05, 4.69) is 0 Å². The minimum Gasteiger partial charge on any atom is -0.496 e. The first-order valence-electron chi connectivity index (χ1n) is 6.32. The van der Waals surface area contributed by atoms with Gasteiger partial charge in [0.2, 0.25) is 0 Å². The Hall–Kier alpha value is -1.46. The highest BCUT2D eigenvalue weighted by Crippen LogP contribution is 2.41. The lowest BCUT2D eigenvalue weighted by molar-refractivity contribution is -0.158. The Morgan fingerprint density at radius 3 is 2.75 bits per heavy atom. The standard InChI is InChI=1S/C14H17ClO5/c1-4-19-14(16)12-5-8-9(7-20-12)13(18-3)10(15)6-11(8)17-2/h6,12H,4-5,7H2,1-3H3. The van der Waals surface area contributed by atoms with E-state index < -0.39 is 6.10 Å². The maximum absolute atomic E-state index is 11.8. The number of carbonyl (C=O) groups excluding carboxylic acids is 1. The fourth-order valence-corrected chi connectivity index (χ4v) is 2.58. The lowest BCUT2D eigenvalue weighted by atomic mass is 9.97. The molecule has 0 saturated carbocycles. The number of rotatable bonds is 4. The van der Waals surface area contributed by atoms with E-state index in [4.69, 9.17) is 30.5 Å². The van der Waals surface area contributed by atoms with Crippen LogP contribution in [0.15, 0.2) is 6.07 Å². The van der Waals surface area contributed by atoms with Crippen molar-refractivity contribution in [1.82, 2.24) is 0 Å². The number of hydrogen-bond donors (Lipinski definition) is 0. The molecule has 1 unspecified atom stereocenters. The molecule has 1 aliphatic heterocycles. The summed E-state index contributed by atoms with van der Waals surface area (Å²) in [6.07, 6.45) is -0.243. The second-order valence-electron chi connectivity index (χ2n) is 4.31. The third kappa shape index (κ3) is 2.69. The normalized spacial score (nSPS) is 17.3. The van der Waals surface area contributed by atoms with E-state index in [-0.39, 0.29) is 12.6 Å². The molecule has 2 rings (SSSR count). The molecular formula is C14H17ClO5. The van der Waals surface area contributed by atoms with Crippen molar-refractivity contribution < 1.29 is 23.7 Å². The molecule has 0 aliphatic carbocycles. The first-order chi connectivity index (χ1) is 9.62. The summed E-state index contributed by atoms with van der Waals surface area (Å²) < 4.78 is 21.2. The van der Waals surface area contributed by atoms with Crippen LogP contribution in [-0.4, -0.2) is 32.9 Å². The van der Waals surface area contributed by atoms with E-state index in [0.29, 0.717) is 29.5 Å². The van der Waals surface area contributed by atoms with Gasteiger partial charge in [0.15, 0.2) is 6.10 Å². The number of hydrogen-bond acceptors (Lipinski definition) is 5. The molecular weight excluding hydrogens is 284 g/mol. The van der Waals surface area contributed by atoms with Gasteiger partial charge in [0, 0.05) is 23.6 Å². The molecule has 0 saturated heterocycles. The minimum atomic E-state index is -0.623. The zero-order valence-electron chi connectivity index (χ0n) is 11.7. The fraction of sp³-hybridized carbons (Fsp3) is 0.500. The highest BCUT2D eigenvalue weighted by molar-refractivity contribution is 6.32. The minimum absolute atomic E-state index is 0.235. The Labute approximate surface area is 122 Å². The number of halogens is 1. The van der Waals surface area contributed by atoms with Crippen LogP contribution >= 0.6 is 11.6 Å². The molecule has 1 heterocycles. The Bertz CT molecular complexity index is 515. The Kier molecular flexibility index (Phi) is 4.73. The number of benzene rings is 1. The highest BCUT2D eigenvalue weighted by Gasteiger charge is 2.31. The Balaban J connectivity index is 2.37. The van der Waals surface area contributed by atoms with Gasteiger partial charge in [-0.3, -0.25) is 0 Å². The van der Waals surface area contributed by atoms with Gasteiger partial charge >= 0.3 is 5.97 Å². The number of fused-ring (bicyclic) bond motifs is 1. The average molecular weight is 301 g/mol. The molecule has 0 aromatic heterocycles. The molecule has 0 bridgehead atoms. The number of carbonyl (C=O) groups is 1. The van der Waals surface area contributed by atoms with Gasteiger partial charge in [-0.1, -0.05) is 11.6 Å². The summed E-state index contributed by atoms with van der Waals surface area (Å²) in [6.45, 7) is 2.32. The molecule has 1 aromatic rings. The quantitative estimate of drug-likeness (QED) is 0.799. The van der Waals surface area contributed by atoms with Crippen LogP contribution < -0.4 is 9.47 Å². The van der Waals surface area contributed by atoms with Gasteiger partial charge in [0.25, 0.3) is 0 Å². The summed E-state index contributed by atoms with van der Waals surface area (Å²) in [6, 6.07) is 1.69. The van der Waals surface area contributed by atoms with Crippen LogP contribution in [0.3, 0.4) is 0 Å². The summed E-state index contributed by atoms with van der Waals surface area (Å²) in [5, 5.41) is 0.460. The molecule has 0 spiro atoms. The van der Waals surface area contributed by atoms with Crippen LogP contribution in [0.4, 0.5) is 0 Å². The van der Waals surface area contributed by atoms with Crippen LogP contribution in [0.25, 0.3) is 0 Å². The zero-order chi connectivity index (χ0) is 14.7. The van der Waals surface area contributed by atoms with E-state index in [0.717, 1.165) is 11.1 Å². The van der Waals surface area contributed by atoms with Crippen molar-refractivity contribution in [3.05, 3.63) is 22.2 Å². The van der Waals surface area contributed by atoms with Crippen LogP contribution in [0.2, 0.25) is 5.02 Å². The van der Waals surface area contributed by atoms with E-state index in [1.165, 1.54) is 0 Å². The smallest absolute Gasteiger partial charge is 0.335 e. The highest BCUT2D eigenvalue weighted by atomic mass is 35.5. The predicted molar refractivity (Wildman–Crippen MR) is 73.5 cm³/mol. The van der Waals surface area contributed by atoms with Crippen molar-refractivity contribution in [2.45, 2.75) is 26.1 Å². The van der Waals surface area contributed by atoms with Gasteiger partial charge in [-0.05, 0) is 6.92 Å². The summed E-state index contributed by atoms with van der Waals surface area (Å²) in [4.78, 5) is 11.8. The van der Waals surface area contributed by atoms with Crippen molar-refractivity contribution in [3.63, 3.8) is 0 Å². The third-order valence-corrected chi connectivity index (χ3v) is 3.48. The van der Waals surface area contributed by atoms with Gasteiger partial charge in [-0.2, -0.15) is 0 Å². The monoisotopic (exact) mass is 300 g/mol. The second-order valence-corrected chi connectivity index (χ2v) is 4.71. The molecule has 1 aromatic carbocycles. The molecule has 1 atom stereocenters. The lowest BCUT2D eigenvalue weighted by Gasteiger charge is -2.27.